The molecule has 1 aromatic carbocycles. The second-order valence-corrected chi connectivity index (χ2v) is 11.4. The molecule has 0 aliphatic carbocycles. The number of rotatable bonds is 8. The number of allylic oxidation sites excluding steroid dienone is 1. The van der Waals surface area contributed by atoms with E-state index in [0.29, 0.717) is 30.9 Å². The Hall–Kier alpha value is -3.09. The summed E-state index contributed by atoms with van der Waals surface area (Å²) in [6, 6.07) is 4.54. The van der Waals surface area contributed by atoms with Crippen molar-refractivity contribution in [1.29, 1.82) is 0 Å². The standard InChI is InChI=1S/C29H39F3N4O5/c1-19(34-41-26-10-6-7-13-39-26)18-40-23-12-11-20(29(30,31)32)15-22(23)27(37)33-25-16-24(28(2,3)4)35(5)36(25)17-21-9-8-14-38-21/h11-12,15-16,18,21,26,34H,6-10,13-14,17H2,1-5H3/t21-,26?/m1/s1. The first-order chi connectivity index (χ1) is 19.3. The van der Waals surface area contributed by atoms with Gasteiger partial charge in [0.15, 0.2) is 11.8 Å². The molecule has 2 aliphatic rings. The minimum Gasteiger partial charge on any atom is -0.462 e. The van der Waals surface area contributed by atoms with Gasteiger partial charge in [-0.3, -0.25) is 19.6 Å². The Bertz CT molecular complexity index is 1310. The van der Waals surface area contributed by atoms with Crippen molar-refractivity contribution in [1.82, 2.24) is 14.8 Å². The van der Waals surface area contributed by atoms with Crippen LogP contribution < -0.4 is 15.7 Å². The van der Waals surface area contributed by atoms with Crippen molar-refractivity contribution in [2.24, 2.45) is 12.0 Å². The lowest BCUT2D eigenvalue weighted by molar-refractivity contribution is -0.190. The first-order valence-corrected chi connectivity index (χ1v) is 13.9. The van der Waals surface area contributed by atoms with Gasteiger partial charge in [0, 0.05) is 43.9 Å². The maximum Gasteiger partial charge on any atom is 0.416 e. The number of nitrogens with zero attached hydrogens (tertiary/aromatic N) is 3. The Kier molecular flexibility index (Phi) is 9.66. The number of ether oxygens (including phenoxy) is 3. The van der Waals surface area contributed by atoms with Gasteiger partial charge in [0.05, 0.1) is 29.5 Å². The number of carbonyl (C=O) groups is 1. The number of aromatic nitrogens is 2. The highest BCUT2D eigenvalue weighted by atomic mass is 19.4. The minimum atomic E-state index is -4.65. The van der Waals surface area contributed by atoms with Crippen LogP contribution in [0.5, 0.6) is 5.75 Å². The molecule has 12 heteroatoms. The average Bonchev–Trinajstić information content (AvgIpc) is 3.54. The number of hydrogen-bond acceptors (Lipinski definition) is 6. The van der Waals surface area contributed by atoms with Gasteiger partial charge in [0.25, 0.3) is 5.91 Å². The number of hydroxylamine groups is 1. The van der Waals surface area contributed by atoms with E-state index in [4.69, 9.17) is 19.0 Å². The van der Waals surface area contributed by atoms with Crippen molar-refractivity contribution >= 4 is 5.91 Å². The molecular weight excluding hydrogens is 541 g/mol. The van der Waals surface area contributed by atoms with E-state index in [-0.39, 0.29) is 22.8 Å². The number of nitrogens with one attached hydrogen (secondary N) is 1. The lowest BCUT2D eigenvalue weighted by atomic mass is 9.92. The van der Waals surface area contributed by atoms with E-state index in [9.17, 15) is 18.0 Å². The summed E-state index contributed by atoms with van der Waals surface area (Å²) >= 11 is 0. The quantitative estimate of drug-likeness (QED) is 0.335. The summed E-state index contributed by atoms with van der Waals surface area (Å²) in [5, 5.41) is 0. The Morgan fingerprint density at radius 3 is 2.51 bits per heavy atom. The number of alkyl halides is 3. The van der Waals surface area contributed by atoms with Crippen molar-refractivity contribution in [3.8, 4) is 5.75 Å². The molecule has 41 heavy (non-hydrogen) atoms. The maximum absolute atomic E-state index is 13.6. The summed E-state index contributed by atoms with van der Waals surface area (Å²) in [4.78, 5) is 23.3. The predicted octanol–water partition coefficient (Wildman–Crippen LogP) is 5.35. The first kappa shape index (κ1) is 30.9. The highest BCUT2D eigenvalue weighted by molar-refractivity contribution is 5.97. The van der Waals surface area contributed by atoms with Gasteiger partial charge in [-0.2, -0.15) is 18.2 Å². The smallest absolute Gasteiger partial charge is 0.416 e. The molecule has 1 N–H and O–H groups in total. The van der Waals surface area contributed by atoms with Crippen molar-refractivity contribution < 1.29 is 37.0 Å². The van der Waals surface area contributed by atoms with E-state index in [1.165, 1.54) is 6.26 Å². The van der Waals surface area contributed by atoms with Gasteiger partial charge in [0.2, 0.25) is 0 Å². The van der Waals surface area contributed by atoms with Crippen LogP contribution in [0.2, 0.25) is 0 Å². The molecule has 9 nitrogen and oxygen atoms in total. The Morgan fingerprint density at radius 1 is 1.12 bits per heavy atom. The summed E-state index contributed by atoms with van der Waals surface area (Å²) in [5.74, 6) is -0.927. The van der Waals surface area contributed by atoms with Crippen molar-refractivity contribution in [3.05, 3.63) is 58.5 Å². The third kappa shape index (κ3) is 8.02. The molecule has 226 valence electrons. The highest BCUT2D eigenvalue weighted by Gasteiger charge is 2.32. The van der Waals surface area contributed by atoms with E-state index >= 15 is 0 Å². The highest BCUT2D eigenvalue weighted by Crippen LogP contribution is 2.33. The van der Waals surface area contributed by atoms with Crippen LogP contribution >= 0.6 is 0 Å². The van der Waals surface area contributed by atoms with Gasteiger partial charge in [0.1, 0.15) is 12.0 Å². The summed E-state index contributed by atoms with van der Waals surface area (Å²) in [6.07, 6.45) is 0.682. The molecule has 4 rings (SSSR count). The number of benzene rings is 1. The zero-order valence-electron chi connectivity index (χ0n) is 24.2. The second kappa shape index (κ2) is 12.8. The van der Waals surface area contributed by atoms with Crippen LogP contribution in [-0.4, -0.2) is 40.9 Å². The lowest BCUT2D eigenvalue weighted by Crippen LogP contribution is -2.30. The molecule has 2 saturated heterocycles. The van der Waals surface area contributed by atoms with Gasteiger partial charge >= 0.3 is 6.18 Å². The van der Waals surface area contributed by atoms with Gasteiger partial charge < -0.3 is 14.2 Å². The summed E-state index contributed by atoms with van der Waals surface area (Å²) in [6.45, 7) is 9.51. The molecule has 1 aromatic heterocycles. The van der Waals surface area contributed by atoms with Gasteiger partial charge in [-0.25, -0.2) is 4.84 Å². The summed E-state index contributed by atoms with van der Waals surface area (Å²) in [5.41, 5.74) is 2.83. The number of hydrogen-bond donors (Lipinski definition) is 1. The lowest BCUT2D eigenvalue weighted by Gasteiger charge is -2.22. The predicted molar refractivity (Wildman–Crippen MR) is 145 cm³/mol. The third-order valence-electron chi connectivity index (χ3n) is 7.02. The van der Waals surface area contributed by atoms with Crippen LogP contribution in [0.4, 0.5) is 13.2 Å². The molecule has 0 radical (unpaired) electrons. The molecular formula is C29H39F3N4O5. The molecule has 2 aromatic rings. The molecule has 0 saturated carbocycles. The molecule has 1 amide bonds. The normalized spacial score (nSPS) is 20.9. The van der Waals surface area contributed by atoms with Gasteiger partial charge in [-0.1, -0.05) is 20.8 Å². The van der Waals surface area contributed by atoms with E-state index < -0.39 is 23.9 Å². The molecule has 0 bridgehead atoms. The fraction of sp³-hybridized carbons (Fsp3) is 0.586. The zero-order valence-corrected chi connectivity index (χ0v) is 24.2. The van der Waals surface area contributed by atoms with Crippen molar-refractivity contribution in [2.75, 3.05) is 13.2 Å². The van der Waals surface area contributed by atoms with E-state index in [0.717, 1.165) is 56.0 Å². The zero-order chi connectivity index (χ0) is 29.8. The van der Waals surface area contributed by atoms with Crippen LogP contribution in [0.25, 0.3) is 0 Å². The third-order valence-corrected chi connectivity index (χ3v) is 7.02. The van der Waals surface area contributed by atoms with Crippen LogP contribution in [0.1, 0.15) is 81.4 Å². The summed E-state index contributed by atoms with van der Waals surface area (Å²) in [7, 11) is 1.87. The van der Waals surface area contributed by atoms with Crippen molar-refractivity contribution in [3.63, 3.8) is 0 Å². The fourth-order valence-electron chi connectivity index (χ4n) is 4.84. The van der Waals surface area contributed by atoms with Crippen LogP contribution in [0.3, 0.4) is 0 Å². The monoisotopic (exact) mass is 580 g/mol. The molecule has 2 fully saturated rings. The largest absolute Gasteiger partial charge is 0.462 e. The molecule has 3 heterocycles. The first-order valence-electron chi connectivity index (χ1n) is 13.9. The van der Waals surface area contributed by atoms with E-state index in [2.05, 4.69) is 10.5 Å². The Morgan fingerprint density at radius 2 is 1.88 bits per heavy atom. The summed E-state index contributed by atoms with van der Waals surface area (Å²) < 4.78 is 61.5. The van der Waals surface area contributed by atoms with Gasteiger partial charge in [-0.05, 0) is 50.8 Å². The Balaban J connectivity index is 1.66. The number of halogens is 3. The number of amides is 1. The topological polar surface area (TPSA) is 88.2 Å². The van der Waals surface area contributed by atoms with E-state index in [1.54, 1.807) is 13.0 Å². The maximum atomic E-state index is 13.6. The number of carbonyl (C=O) groups excluding carboxylic acids is 1. The van der Waals surface area contributed by atoms with Gasteiger partial charge in [-0.15, -0.1) is 0 Å². The Labute approximate surface area is 237 Å². The van der Waals surface area contributed by atoms with Crippen LogP contribution in [-0.2, 0) is 39.5 Å². The van der Waals surface area contributed by atoms with Crippen LogP contribution in [0, 0.1) is 0 Å². The SMILES string of the molecule is CC(=COc1ccc(C(F)(F)F)cc1C(=O)N=c1cc(C(C)(C)C)n(C)n1C[C@H]1CCCO1)NOC1CCCCO1. The second-order valence-electron chi connectivity index (χ2n) is 11.4. The molecule has 1 unspecified atom stereocenters. The molecule has 0 spiro atoms. The van der Waals surface area contributed by atoms with E-state index in [1.807, 2.05) is 37.2 Å². The van der Waals surface area contributed by atoms with Crippen LogP contribution in [0.15, 0.2) is 41.2 Å². The van der Waals surface area contributed by atoms with Crippen molar-refractivity contribution in [2.45, 2.75) is 90.3 Å². The minimum absolute atomic E-state index is 0.0419. The fourth-order valence-corrected chi connectivity index (χ4v) is 4.84. The average molecular weight is 581 g/mol. The molecule has 2 atom stereocenters. The molecule has 2 aliphatic heterocycles.